The molecule has 16 heavy (non-hydrogen) atoms. The zero-order valence-corrected chi connectivity index (χ0v) is 10.6. The lowest BCUT2D eigenvalue weighted by molar-refractivity contribution is 0.288. The third-order valence-corrected chi connectivity index (χ3v) is 3.43. The molecule has 6 heteroatoms. The van der Waals surface area contributed by atoms with Crippen LogP contribution in [-0.2, 0) is 9.84 Å². The van der Waals surface area contributed by atoms with E-state index >= 15 is 0 Å². The van der Waals surface area contributed by atoms with Gasteiger partial charge in [-0.2, -0.15) is 0 Å². The summed E-state index contributed by atoms with van der Waals surface area (Å²) in [6.45, 7) is 1.73. The van der Waals surface area contributed by atoms with Gasteiger partial charge in [-0.1, -0.05) is 12.2 Å². The minimum Gasteiger partial charge on any atom is -0.484 e. The minimum absolute atomic E-state index is 0.253. The van der Waals surface area contributed by atoms with E-state index in [1.165, 1.54) is 12.1 Å². The summed E-state index contributed by atoms with van der Waals surface area (Å²) in [6.07, 6.45) is 0.777. The van der Waals surface area contributed by atoms with Crippen LogP contribution < -0.4 is 10.5 Å². The van der Waals surface area contributed by atoms with Gasteiger partial charge in [-0.25, -0.2) is 8.42 Å². The van der Waals surface area contributed by atoms with Crippen LogP contribution in [0.25, 0.3) is 0 Å². The Balaban J connectivity index is 2.84. The maximum atomic E-state index is 11.2. The molecule has 0 heterocycles. The molecule has 0 saturated heterocycles. The summed E-state index contributed by atoms with van der Waals surface area (Å²) in [5.74, 6) is 0.535. The lowest BCUT2D eigenvalue weighted by atomic mass is 10.3. The Kier molecular flexibility index (Phi) is 3.88. The highest BCUT2D eigenvalue weighted by Crippen LogP contribution is 2.16. The normalized spacial score (nSPS) is 13.1. The van der Waals surface area contributed by atoms with E-state index in [1.807, 2.05) is 0 Å². The van der Waals surface area contributed by atoms with Gasteiger partial charge in [0.2, 0.25) is 0 Å². The van der Waals surface area contributed by atoms with E-state index < -0.39 is 9.84 Å². The molecule has 0 spiro atoms. The Labute approximate surface area is 100 Å². The predicted octanol–water partition coefficient (Wildman–Crippen LogP) is 1.14. The van der Waals surface area contributed by atoms with Crippen LogP contribution in [0.15, 0.2) is 29.2 Å². The first-order valence-corrected chi connectivity index (χ1v) is 6.87. The summed E-state index contributed by atoms with van der Waals surface area (Å²) in [4.78, 5) is 0.509. The molecule has 0 aliphatic rings. The minimum atomic E-state index is -3.17. The van der Waals surface area contributed by atoms with Gasteiger partial charge in [0.05, 0.1) is 4.90 Å². The largest absolute Gasteiger partial charge is 0.484 e. The summed E-state index contributed by atoms with van der Waals surface area (Å²) in [6, 6.07) is 6.12. The molecular formula is C10H13NO3S2. The maximum Gasteiger partial charge on any atom is 0.175 e. The summed E-state index contributed by atoms with van der Waals surface area (Å²) >= 11 is 4.76. The lowest BCUT2D eigenvalue weighted by Crippen LogP contribution is -2.28. The first kappa shape index (κ1) is 12.9. The highest BCUT2D eigenvalue weighted by Gasteiger charge is 2.09. The number of hydrogen-bond donors (Lipinski definition) is 1. The number of hydrogen-bond acceptors (Lipinski definition) is 4. The van der Waals surface area contributed by atoms with Gasteiger partial charge in [-0.05, 0) is 31.2 Å². The zero-order valence-electron chi connectivity index (χ0n) is 9.01. The van der Waals surface area contributed by atoms with Gasteiger partial charge in [-0.15, -0.1) is 0 Å². The third kappa shape index (κ3) is 3.46. The van der Waals surface area contributed by atoms with Crippen molar-refractivity contribution >= 4 is 27.0 Å². The van der Waals surface area contributed by atoms with Crippen LogP contribution >= 0.6 is 12.2 Å². The summed E-state index contributed by atoms with van der Waals surface area (Å²) in [5.41, 5.74) is 5.39. The lowest BCUT2D eigenvalue weighted by Gasteiger charge is -2.12. The van der Waals surface area contributed by atoms with Crippen molar-refractivity contribution in [2.75, 3.05) is 6.26 Å². The molecule has 0 aliphatic carbocycles. The van der Waals surface area contributed by atoms with Gasteiger partial charge in [0, 0.05) is 6.26 Å². The smallest absolute Gasteiger partial charge is 0.175 e. The van der Waals surface area contributed by atoms with Gasteiger partial charge >= 0.3 is 0 Å². The molecule has 1 unspecified atom stereocenters. The van der Waals surface area contributed by atoms with Crippen molar-refractivity contribution in [3.8, 4) is 5.75 Å². The molecular weight excluding hydrogens is 246 g/mol. The Morgan fingerprint density at radius 2 is 1.88 bits per heavy atom. The first-order chi connectivity index (χ1) is 7.30. The molecule has 1 aromatic rings. The molecule has 0 fully saturated rings. The SMILES string of the molecule is CC(Oc1ccc(S(C)(=O)=O)cc1)C(N)=S. The number of thiocarbonyl (C=S) groups is 1. The van der Waals surface area contributed by atoms with Crippen molar-refractivity contribution in [2.45, 2.75) is 17.9 Å². The van der Waals surface area contributed by atoms with Crippen LogP contribution in [-0.4, -0.2) is 25.8 Å². The number of ether oxygens (including phenoxy) is 1. The van der Waals surface area contributed by atoms with Crippen LogP contribution in [0.3, 0.4) is 0 Å². The second-order valence-corrected chi connectivity index (χ2v) is 5.89. The predicted molar refractivity (Wildman–Crippen MR) is 66.4 cm³/mol. The van der Waals surface area contributed by atoms with Crippen molar-refractivity contribution in [1.29, 1.82) is 0 Å². The Morgan fingerprint density at radius 1 is 1.38 bits per heavy atom. The number of rotatable bonds is 4. The van der Waals surface area contributed by atoms with Gasteiger partial charge in [0.15, 0.2) is 9.84 Å². The third-order valence-electron chi connectivity index (χ3n) is 1.97. The van der Waals surface area contributed by atoms with E-state index in [-0.39, 0.29) is 16.0 Å². The molecule has 0 aliphatic heterocycles. The van der Waals surface area contributed by atoms with Crippen molar-refractivity contribution in [3.63, 3.8) is 0 Å². The fourth-order valence-corrected chi connectivity index (χ4v) is 1.71. The van der Waals surface area contributed by atoms with E-state index in [4.69, 9.17) is 22.7 Å². The second-order valence-electron chi connectivity index (χ2n) is 3.41. The Hall–Kier alpha value is -1.14. The van der Waals surface area contributed by atoms with E-state index in [2.05, 4.69) is 0 Å². The fraction of sp³-hybridized carbons (Fsp3) is 0.300. The van der Waals surface area contributed by atoms with Crippen LogP contribution in [0.5, 0.6) is 5.75 Å². The van der Waals surface area contributed by atoms with Crippen LogP contribution in [0.4, 0.5) is 0 Å². The molecule has 0 bridgehead atoms. The van der Waals surface area contributed by atoms with Crippen LogP contribution in [0.2, 0.25) is 0 Å². The summed E-state index contributed by atoms with van der Waals surface area (Å²) < 4.78 is 27.8. The zero-order chi connectivity index (χ0) is 12.3. The molecule has 0 radical (unpaired) electrons. The van der Waals surface area contributed by atoms with Crippen LogP contribution in [0.1, 0.15) is 6.92 Å². The van der Waals surface area contributed by atoms with Gasteiger partial charge in [0.1, 0.15) is 16.8 Å². The van der Waals surface area contributed by atoms with E-state index in [0.717, 1.165) is 6.26 Å². The molecule has 4 nitrogen and oxygen atoms in total. The van der Waals surface area contributed by atoms with Crippen molar-refractivity contribution in [1.82, 2.24) is 0 Å². The monoisotopic (exact) mass is 259 g/mol. The Bertz CT molecular complexity index is 479. The molecule has 2 N–H and O–H groups in total. The average molecular weight is 259 g/mol. The van der Waals surface area contributed by atoms with Gasteiger partial charge < -0.3 is 10.5 Å². The summed E-state index contributed by atoms with van der Waals surface area (Å²) in [5, 5.41) is 0. The van der Waals surface area contributed by atoms with E-state index in [0.29, 0.717) is 5.75 Å². The molecule has 88 valence electrons. The van der Waals surface area contributed by atoms with Gasteiger partial charge in [-0.3, -0.25) is 0 Å². The molecule has 0 aromatic heterocycles. The molecule has 0 saturated carbocycles. The van der Waals surface area contributed by atoms with Crippen molar-refractivity contribution in [3.05, 3.63) is 24.3 Å². The fourth-order valence-electron chi connectivity index (χ4n) is 1.03. The maximum absolute atomic E-state index is 11.2. The van der Waals surface area contributed by atoms with Crippen molar-refractivity contribution in [2.24, 2.45) is 5.73 Å². The number of nitrogens with two attached hydrogens (primary N) is 1. The van der Waals surface area contributed by atoms with Gasteiger partial charge in [0.25, 0.3) is 0 Å². The molecule has 0 amide bonds. The highest BCUT2D eigenvalue weighted by molar-refractivity contribution is 7.90. The van der Waals surface area contributed by atoms with Crippen LogP contribution in [0, 0.1) is 0 Å². The summed E-state index contributed by atoms with van der Waals surface area (Å²) in [7, 11) is -3.17. The molecule has 1 atom stereocenters. The Morgan fingerprint density at radius 3 is 2.25 bits per heavy atom. The number of benzene rings is 1. The van der Waals surface area contributed by atoms with Crippen molar-refractivity contribution < 1.29 is 13.2 Å². The first-order valence-electron chi connectivity index (χ1n) is 4.57. The highest BCUT2D eigenvalue weighted by atomic mass is 32.2. The molecule has 1 aromatic carbocycles. The van der Waals surface area contributed by atoms with E-state index in [1.54, 1.807) is 19.1 Å². The molecule has 1 rings (SSSR count). The second kappa shape index (κ2) is 4.80. The topological polar surface area (TPSA) is 69.4 Å². The standard InChI is InChI=1S/C10H13NO3S2/c1-7(10(11)15)14-8-3-5-9(6-4-8)16(2,12)13/h3-7H,1-2H3,(H2,11,15). The quantitative estimate of drug-likeness (QED) is 0.821. The average Bonchev–Trinajstić information content (AvgIpc) is 2.17. The van der Waals surface area contributed by atoms with E-state index in [9.17, 15) is 8.42 Å². The number of sulfone groups is 1.